The fourth-order valence-corrected chi connectivity index (χ4v) is 6.77. The van der Waals surface area contributed by atoms with Gasteiger partial charge in [0.25, 0.3) is 23.4 Å². The number of carbonyl (C=O) groups is 3. The summed E-state index contributed by atoms with van der Waals surface area (Å²) in [7, 11) is 5.17. The topological polar surface area (TPSA) is 182 Å². The maximum absolute atomic E-state index is 14.1. The Morgan fingerprint density at radius 3 is 2.33 bits per heavy atom. The van der Waals surface area contributed by atoms with E-state index in [2.05, 4.69) is 20.4 Å². The molecule has 2 aliphatic rings. The number of likely N-dealkylation sites (tertiary alicyclic amines) is 1. The zero-order valence-electron chi connectivity index (χ0n) is 28.0. The van der Waals surface area contributed by atoms with Gasteiger partial charge in [-0.15, -0.1) is 0 Å². The van der Waals surface area contributed by atoms with Gasteiger partial charge in [-0.3, -0.25) is 24.5 Å². The smallest absolute Gasteiger partial charge is 0.386 e. The van der Waals surface area contributed by atoms with Crippen LogP contribution in [0.1, 0.15) is 33.1 Å². The fourth-order valence-electron chi connectivity index (χ4n) is 6.51. The summed E-state index contributed by atoms with van der Waals surface area (Å²) in [6, 6.07) is 5.92. The molecule has 0 saturated carbocycles. The van der Waals surface area contributed by atoms with Crippen LogP contribution < -0.4 is 5.32 Å². The predicted octanol–water partition coefficient (Wildman–Crippen LogP) is 2.99. The van der Waals surface area contributed by atoms with E-state index >= 15 is 0 Å². The van der Waals surface area contributed by atoms with Crippen LogP contribution in [0.2, 0.25) is 5.02 Å². The molecule has 20 heteroatoms. The van der Waals surface area contributed by atoms with E-state index in [-0.39, 0.29) is 64.2 Å². The lowest BCUT2D eigenvalue weighted by Crippen LogP contribution is -2.60. The number of piperazine rings is 1. The van der Waals surface area contributed by atoms with Gasteiger partial charge < -0.3 is 29.3 Å². The van der Waals surface area contributed by atoms with Gasteiger partial charge in [0.05, 0.1) is 53.6 Å². The summed E-state index contributed by atoms with van der Waals surface area (Å²) >= 11 is 6.47. The molecule has 0 aliphatic carbocycles. The molecule has 2 saturated heterocycles. The highest BCUT2D eigenvalue weighted by Crippen LogP contribution is 2.37. The number of amides is 3. The van der Waals surface area contributed by atoms with Gasteiger partial charge >= 0.3 is 6.18 Å². The molecule has 52 heavy (non-hydrogen) atoms. The average molecular weight is 746 g/mol. The molecule has 6 rings (SSSR count). The maximum atomic E-state index is 14.1. The maximum Gasteiger partial charge on any atom is 0.435 e. The highest BCUT2D eigenvalue weighted by molar-refractivity contribution is 6.34. The Balaban J connectivity index is 1.13. The number of imidazole rings is 1. The van der Waals surface area contributed by atoms with Gasteiger partial charge in [-0.05, 0) is 24.3 Å². The molecule has 16 nitrogen and oxygen atoms in total. The Labute approximate surface area is 298 Å². The third kappa shape index (κ3) is 6.93. The summed E-state index contributed by atoms with van der Waals surface area (Å²) in [6.45, 7) is 1.80. The molecule has 0 unspecified atom stereocenters. The third-order valence-electron chi connectivity index (χ3n) is 9.34. The molecule has 2 aliphatic heterocycles. The summed E-state index contributed by atoms with van der Waals surface area (Å²) in [6.07, 6.45) is -2.10. The Kier molecular flexibility index (Phi) is 9.53. The number of hydrogen-bond acceptors (Lipinski definition) is 9. The minimum atomic E-state index is -4.91. The number of anilines is 1. The number of halogens is 4. The average Bonchev–Trinajstić information content (AvgIpc) is 3.78. The second-order valence-corrected chi connectivity index (χ2v) is 13.5. The van der Waals surface area contributed by atoms with Crippen molar-refractivity contribution < 1.29 is 42.1 Å². The monoisotopic (exact) mass is 745 g/mol. The van der Waals surface area contributed by atoms with Crippen molar-refractivity contribution in [2.75, 3.05) is 52.1 Å². The quantitative estimate of drug-likeness (QED) is 0.163. The molecule has 2 N–H and O–H groups in total. The van der Waals surface area contributed by atoms with Crippen molar-refractivity contribution in [3.63, 3.8) is 0 Å². The molecule has 0 radical (unpaired) electrons. The van der Waals surface area contributed by atoms with Gasteiger partial charge in [0.2, 0.25) is 0 Å². The van der Waals surface area contributed by atoms with E-state index in [1.165, 1.54) is 25.2 Å². The first-order valence-electron chi connectivity index (χ1n) is 16.0. The number of likely N-dealkylation sites (N-methyl/N-ethyl adjacent to an activating group) is 1. The van der Waals surface area contributed by atoms with E-state index in [1.807, 2.05) is 14.1 Å². The van der Waals surface area contributed by atoms with Gasteiger partial charge in [-0.2, -0.15) is 18.3 Å². The number of hydrogen-bond donors (Lipinski definition) is 2. The van der Waals surface area contributed by atoms with Crippen LogP contribution >= 0.6 is 11.6 Å². The first-order chi connectivity index (χ1) is 24.5. The van der Waals surface area contributed by atoms with Crippen LogP contribution in [0.3, 0.4) is 0 Å². The summed E-state index contributed by atoms with van der Waals surface area (Å²) in [5, 5.41) is 27.6. The Morgan fingerprint density at radius 2 is 1.75 bits per heavy atom. The molecular formula is C32H33ClF3N10O6+. The van der Waals surface area contributed by atoms with Crippen molar-refractivity contribution in [2.45, 2.75) is 24.7 Å². The van der Waals surface area contributed by atoms with Gasteiger partial charge in [0.1, 0.15) is 12.3 Å². The first kappa shape index (κ1) is 36.4. The largest absolute Gasteiger partial charge is 0.435 e. The van der Waals surface area contributed by atoms with Crippen molar-refractivity contribution >= 4 is 40.7 Å². The molecule has 2 fully saturated rings. The van der Waals surface area contributed by atoms with Gasteiger partial charge in [-0.1, -0.05) is 11.6 Å². The van der Waals surface area contributed by atoms with Crippen LogP contribution in [0.5, 0.6) is 0 Å². The van der Waals surface area contributed by atoms with Crippen LogP contribution in [-0.2, 0) is 18.0 Å². The molecule has 3 aromatic heterocycles. The van der Waals surface area contributed by atoms with Crippen molar-refractivity contribution in [3.05, 3.63) is 81.1 Å². The molecule has 2 atom stereocenters. The number of alkyl halides is 3. The minimum Gasteiger partial charge on any atom is -0.386 e. The lowest BCUT2D eigenvalue weighted by atomic mass is 10.1. The zero-order valence-corrected chi connectivity index (χ0v) is 28.8. The summed E-state index contributed by atoms with van der Waals surface area (Å²) in [5.41, 5.74) is -1.81. The lowest BCUT2D eigenvalue weighted by molar-refractivity contribution is -0.895. The zero-order chi connectivity index (χ0) is 37.7. The molecule has 0 bridgehead atoms. The van der Waals surface area contributed by atoms with E-state index in [0.717, 1.165) is 40.0 Å². The van der Waals surface area contributed by atoms with Crippen molar-refractivity contribution in [2.24, 2.45) is 7.05 Å². The number of aromatic nitrogens is 5. The second kappa shape index (κ2) is 13.6. The summed E-state index contributed by atoms with van der Waals surface area (Å²) < 4.78 is 44.5. The van der Waals surface area contributed by atoms with Crippen LogP contribution in [0.4, 0.5) is 24.5 Å². The minimum absolute atomic E-state index is 0.0389. The number of quaternary nitrogens is 1. The number of aliphatic hydroxyl groups is 1. The van der Waals surface area contributed by atoms with E-state index in [4.69, 9.17) is 11.6 Å². The fraction of sp³-hybridized carbons (Fsp3) is 0.375. The van der Waals surface area contributed by atoms with Crippen LogP contribution in [0.25, 0.3) is 17.1 Å². The van der Waals surface area contributed by atoms with E-state index in [0.29, 0.717) is 30.5 Å². The number of aliphatic hydroxyl groups excluding tert-OH is 1. The third-order valence-corrected chi connectivity index (χ3v) is 9.65. The van der Waals surface area contributed by atoms with E-state index in [1.54, 1.807) is 9.80 Å². The van der Waals surface area contributed by atoms with Crippen LogP contribution in [0, 0.1) is 10.1 Å². The molecular weight excluding hydrogens is 713 g/mol. The number of nitrogens with one attached hydrogen (secondary N) is 1. The molecule has 1 aromatic carbocycles. The van der Waals surface area contributed by atoms with Gasteiger partial charge in [0.15, 0.2) is 23.4 Å². The second-order valence-electron chi connectivity index (χ2n) is 13.1. The lowest BCUT2D eigenvalue weighted by Gasteiger charge is -2.39. The molecule has 5 heterocycles. The highest BCUT2D eigenvalue weighted by Gasteiger charge is 2.49. The van der Waals surface area contributed by atoms with Crippen molar-refractivity contribution in [1.29, 1.82) is 0 Å². The molecule has 4 aromatic rings. The van der Waals surface area contributed by atoms with E-state index in [9.17, 15) is 42.8 Å². The molecule has 3 amide bonds. The number of nitro groups is 1. The van der Waals surface area contributed by atoms with Crippen molar-refractivity contribution in [3.8, 4) is 17.1 Å². The normalized spacial score (nSPS) is 18.8. The molecule has 274 valence electrons. The van der Waals surface area contributed by atoms with Gasteiger partial charge in [0, 0.05) is 57.6 Å². The molecule has 0 spiro atoms. The number of carbonyl (C=O) groups excluding carboxylic acids is 3. The van der Waals surface area contributed by atoms with Crippen molar-refractivity contribution in [1.82, 2.24) is 34.1 Å². The SMILES string of the molecule is Cn1c(-c2cn(-c3ccc([N+](=O)[O-])cn3)nc2C(F)(F)F)cnc1C(=O)Nc1ccc(C(=O)N2CCN(C(=O)[C@@H]3[C@@H](O)CC[N+]3(C)C)CC2)c(Cl)c1. The van der Waals surface area contributed by atoms with Crippen LogP contribution in [0.15, 0.2) is 48.9 Å². The first-order valence-corrected chi connectivity index (χ1v) is 16.3. The standard InChI is InChI=1S/C32H32ClF3N10O6/c1-41-23(21-17-44(40-27(21)32(34,35)36)25-7-5-19(15-37-25)45(51)52)16-38-28(41)29(48)39-18-4-6-20(22(33)14-18)30(49)42-9-11-43(12-10-42)31(50)26-24(47)8-13-46(26,2)3/h4-7,14-17,24,26,47H,8-13H2,1-3H3/p+1/t24-,26-/m0/s1. The van der Waals surface area contributed by atoms with E-state index < -0.39 is 40.4 Å². The number of rotatable bonds is 7. The number of pyridine rings is 1. The summed E-state index contributed by atoms with van der Waals surface area (Å²) in [4.78, 5) is 61.1. The predicted molar refractivity (Wildman–Crippen MR) is 178 cm³/mol. The highest BCUT2D eigenvalue weighted by atomic mass is 35.5. The Hall–Kier alpha value is -5.40. The van der Waals surface area contributed by atoms with Crippen LogP contribution in [-0.4, -0.2) is 125 Å². The summed E-state index contributed by atoms with van der Waals surface area (Å²) in [5.74, 6) is -1.65. The Morgan fingerprint density at radius 1 is 1.06 bits per heavy atom. The number of nitrogens with zero attached hydrogens (tertiary/aromatic N) is 9. The Bertz CT molecular complexity index is 2060. The van der Waals surface area contributed by atoms with Gasteiger partial charge in [-0.25, -0.2) is 14.6 Å². The number of benzene rings is 1.